The topological polar surface area (TPSA) is 57.5 Å². The zero-order valence-electron chi connectivity index (χ0n) is 15.8. The molecule has 26 heavy (non-hydrogen) atoms. The Morgan fingerprint density at radius 3 is 2.35 bits per heavy atom. The molecule has 0 aliphatic heterocycles. The highest BCUT2D eigenvalue weighted by Crippen LogP contribution is 2.19. The molecule has 5 heteroatoms. The second-order valence-electron chi connectivity index (χ2n) is 6.54. The molecule has 0 aliphatic rings. The average molecular weight is 359 g/mol. The van der Waals surface area contributed by atoms with Gasteiger partial charge in [-0.1, -0.05) is 51.9 Å². The number of unbranched alkanes of at least 4 members (excludes halogenated alkanes) is 7. The molecule has 0 saturated heterocycles. The van der Waals surface area contributed by atoms with Crippen molar-refractivity contribution in [2.24, 2.45) is 0 Å². The average Bonchev–Trinajstić information content (AvgIpc) is 3.09. The van der Waals surface area contributed by atoms with E-state index in [1.165, 1.54) is 50.2 Å². The number of carbonyl (C=O) groups excluding carboxylic acids is 2. The number of carbonyl (C=O) groups is 2. The number of hydrogen-bond donors (Lipinski definition) is 0. The third-order valence-electron chi connectivity index (χ3n) is 4.53. The lowest BCUT2D eigenvalue weighted by Gasteiger charge is -2.06. The molecule has 2 rings (SSSR count). The van der Waals surface area contributed by atoms with Crippen LogP contribution in [0.3, 0.4) is 0 Å². The minimum atomic E-state index is -0.454. The molecule has 142 valence electrons. The second kappa shape index (κ2) is 10.6. The van der Waals surface area contributed by atoms with Crippen LogP contribution >= 0.6 is 0 Å². The summed E-state index contributed by atoms with van der Waals surface area (Å²) in [5.74, 6) is -0.319. The van der Waals surface area contributed by atoms with Gasteiger partial charge < -0.3 is 9.47 Å². The molecule has 2 aromatic rings. The predicted molar refractivity (Wildman–Crippen MR) is 103 cm³/mol. The summed E-state index contributed by atoms with van der Waals surface area (Å²) < 4.78 is 11.5. The Kier molecular flexibility index (Phi) is 8.19. The van der Waals surface area contributed by atoms with Crippen molar-refractivity contribution in [1.29, 1.82) is 0 Å². The van der Waals surface area contributed by atoms with Crippen LogP contribution in [0.4, 0.5) is 4.79 Å². The molecule has 1 aromatic heterocycles. The van der Waals surface area contributed by atoms with Crippen molar-refractivity contribution in [1.82, 2.24) is 4.57 Å². The predicted octanol–water partition coefficient (Wildman–Crippen LogP) is 5.55. The molecule has 0 bridgehead atoms. The lowest BCUT2D eigenvalue weighted by Crippen LogP contribution is -2.10. The van der Waals surface area contributed by atoms with Crippen molar-refractivity contribution in [2.45, 2.75) is 58.3 Å². The zero-order chi connectivity index (χ0) is 18.8. The summed E-state index contributed by atoms with van der Waals surface area (Å²) in [6.07, 6.45) is 10.9. The first-order valence-electron chi connectivity index (χ1n) is 9.54. The molecule has 0 N–H and O–H groups in total. The number of rotatable bonds is 10. The molecule has 1 aromatic carbocycles. The van der Waals surface area contributed by atoms with Gasteiger partial charge in [0.15, 0.2) is 0 Å². The van der Waals surface area contributed by atoms with Gasteiger partial charge in [-0.3, -0.25) is 4.57 Å². The number of esters is 1. The van der Waals surface area contributed by atoms with Gasteiger partial charge in [-0.05, 0) is 30.7 Å². The number of fused-ring (bicyclic) bond motifs is 1. The first-order valence-corrected chi connectivity index (χ1v) is 9.54. The van der Waals surface area contributed by atoms with E-state index in [9.17, 15) is 9.59 Å². The summed E-state index contributed by atoms with van der Waals surface area (Å²) in [6, 6.07) is 6.93. The number of benzene rings is 1. The Morgan fingerprint density at radius 1 is 0.962 bits per heavy atom. The molecule has 0 unspecified atom stereocenters. The maximum atomic E-state index is 12.2. The fourth-order valence-corrected chi connectivity index (χ4v) is 3.01. The van der Waals surface area contributed by atoms with Crippen molar-refractivity contribution < 1.29 is 19.1 Å². The molecular weight excluding hydrogens is 330 g/mol. The van der Waals surface area contributed by atoms with Crippen molar-refractivity contribution in [2.75, 3.05) is 13.7 Å². The van der Waals surface area contributed by atoms with Crippen LogP contribution in [0.1, 0.15) is 68.6 Å². The molecule has 0 amide bonds. The lowest BCUT2D eigenvalue weighted by atomic mass is 10.1. The number of methoxy groups -OCH3 is 1. The van der Waals surface area contributed by atoms with Crippen LogP contribution in [-0.4, -0.2) is 30.3 Å². The quantitative estimate of drug-likeness (QED) is 0.412. The smallest absolute Gasteiger partial charge is 0.418 e. The SMILES string of the molecule is CCCCCCCCCCOC(=O)c1ccc2c(ccn2C(=O)OC)c1. The van der Waals surface area contributed by atoms with Crippen LogP contribution in [0.5, 0.6) is 0 Å². The number of ether oxygens (including phenoxy) is 2. The molecule has 0 saturated carbocycles. The lowest BCUT2D eigenvalue weighted by molar-refractivity contribution is 0.0498. The minimum Gasteiger partial charge on any atom is -0.462 e. The molecule has 5 nitrogen and oxygen atoms in total. The number of aromatic nitrogens is 1. The fraction of sp³-hybridized carbons (Fsp3) is 0.524. The Balaban J connectivity index is 1.75. The largest absolute Gasteiger partial charge is 0.462 e. The first-order chi connectivity index (χ1) is 12.7. The van der Waals surface area contributed by atoms with Gasteiger partial charge >= 0.3 is 12.1 Å². The molecule has 0 spiro atoms. The van der Waals surface area contributed by atoms with Crippen LogP contribution in [-0.2, 0) is 9.47 Å². The third kappa shape index (κ3) is 5.61. The Hall–Kier alpha value is -2.30. The first kappa shape index (κ1) is 20.0. The molecule has 0 atom stereocenters. The molecule has 1 heterocycles. The molecule has 0 aliphatic carbocycles. The number of nitrogens with zero attached hydrogens (tertiary/aromatic N) is 1. The van der Waals surface area contributed by atoms with Crippen molar-refractivity contribution in [3.8, 4) is 0 Å². The summed E-state index contributed by atoms with van der Waals surface area (Å²) >= 11 is 0. The van der Waals surface area contributed by atoms with Gasteiger partial charge in [-0.25, -0.2) is 9.59 Å². The van der Waals surface area contributed by atoms with Gasteiger partial charge in [0.2, 0.25) is 0 Å². The Morgan fingerprint density at radius 2 is 1.65 bits per heavy atom. The van der Waals surface area contributed by atoms with E-state index >= 15 is 0 Å². The van der Waals surface area contributed by atoms with Gasteiger partial charge in [0.1, 0.15) is 0 Å². The minimum absolute atomic E-state index is 0.319. The van der Waals surface area contributed by atoms with Crippen molar-refractivity contribution >= 4 is 23.0 Å². The second-order valence-corrected chi connectivity index (χ2v) is 6.54. The van der Waals surface area contributed by atoms with Gasteiger partial charge in [0.25, 0.3) is 0 Å². The zero-order valence-corrected chi connectivity index (χ0v) is 15.8. The van der Waals surface area contributed by atoms with Crippen LogP contribution < -0.4 is 0 Å². The van der Waals surface area contributed by atoms with Crippen LogP contribution in [0.15, 0.2) is 30.5 Å². The van der Waals surface area contributed by atoms with Gasteiger partial charge in [-0.15, -0.1) is 0 Å². The highest BCUT2D eigenvalue weighted by Gasteiger charge is 2.12. The van der Waals surface area contributed by atoms with Gasteiger partial charge in [0, 0.05) is 11.6 Å². The van der Waals surface area contributed by atoms with Gasteiger partial charge in [0.05, 0.1) is 24.8 Å². The maximum Gasteiger partial charge on any atom is 0.418 e. The van der Waals surface area contributed by atoms with E-state index in [0.717, 1.165) is 18.2 Å². The normalized spacial score (nSPS) is 10.8. The molecular formula is C21H29NO4. The Bertz CT molecular complexity index is 720. The highest BCUT2D eigenvalue weighted by atomic mass is 16.5. The maximum absolute atomic E-state index is 12.2. The van der Waals surface area contributed by atoms with E-state index in [4.69, 9.17) is 9.47 Å². The standard InChI is InChI=1S/C21H29NO4/c1-3-4-5-6-7-8-9-10-15-26-20(23)18-11-12-19-17(16-18)13-14-22(19)21(24)25-2/h11-14,16H,3-10,15H2,1-2H3. The van der Waals surface area contributed by atoms with E-state index in [1.807, 2.05) is 0 Å². The van der Waals surface area contributed by atoms with Crippen molar-refractivity contribution in [3.63, 3.8) is 0 Å². The van der Waals surface area contributed by atoms with E-state index in [1.54, 1.807) is 30.5 Å². The summed E-state index contributed by atoms with van der Waals surface area (Å²) in [4.78, 5) is 23.8. The van der Waals surface area contributed by atoms with Crippen molar-refractivity contribution in [3.05, 3.63) is 36.0 Å². The summed E-state index contributed by atoms with van der Waals surface area (Å²) in [7, 11) is 1.34. The van der Waals surface area contributed by atoms with E-state index in [2.05, 4.69) is 6.92 Å². The van der Waals surface area contributed by atoms with Crippen LogP contribution in [0, 0.1) is 0 Å². The van der Waals surface area contributed by atoms with E-state index in [0.29, 0.717) is 17.7 Å². The highest BCUT2D eigenvalue weighted by molar-refractivity contribution is 5.97. The van der Waals surface area contributed by atoms with Crippen LogP contribution in [0.2, 0.25) is 0 Å². The monoisotopic (exact) mass is 359 g/mol. The summed E-state index contributed by atoms with van der Waals surface area (Å²) in [6.45, 7) is 2.68. The third-order valence-corrected chi connectivity index (χ3v) is 4.53. The van der Waals surface area contributed by atoms with Crippen LogP contribution in [0.25, 0.3) is 10.9 Å². The molecule has 0 fully saturated rings. The Labute approximate surface area is 155 Å². The van der Waals surface area contributed by atoms with E-state index in [-0.39, 0.29) is 5.97 Å². The van der Waals surface area contributed by atoms with E-state index < -0.39 is 6.09 Å². The fourth-order valence-electron chi connectivity index (χ4n) is 3.01. The van der Waals surface area contributed by atoms with Gasteiger partial charge in [-0.2, -0.15) is 0 Å². The summed E-state index contributed by atoms with van der Waals surface area (Å²) in [5.41, 5.74) is 1.20. The number of hydrogen-bond acceptors (Lipinski definition) is 4. The molecule has 0 radical (unpaired) electrons. The summed E-state index contributed by atoms with van der Waals surface area (Å²) in [5, 5.41) is 0.803.